The van der Waals surface area contributed by atoms with Gasteiger partial charge in [0.25, 0.3) is 0 Å². The van der Waals surface area contributed by atoms with E-state index in [1.807, 2.05) is 0 Å². The molecule has 0 amide bonds. The van der Waals surface area contributed by atoms with E-state index in [4.69, 9.17) is 11.6 Å². The lowest BCUT2D eigenvalue weighted by Gasteiger charge is -2.19. The summed E-state index contributed by atoms with van der Waals surface area (Å²) in [4.78, 5) is 11.9. The second-order valence-corrected chi connectivity index (χ2v) is 4.63. The number of carbonyl (C=O) groups is 1. The van der Waals surface area contributed by atoms with Crippen LogP contribution in [0, 0.1) is 11.6 Å². The number of methoxy groups -OCH3 is 1. The van der Waals surface area contributed by atoms with Gasteiger partial charge in [0.2, 0.25) is 0 Å². The Labute approximate surface area is 125 Å². The van der Waals surface area contributed by atoms with Crippen molar-refractivity contribution in [3.63, 3.8) is 0 Å². The molecule has 0 bridgehead atoms. The fourth-order valence-electron chi connectivity index (χ4n) is 1.86. The van der Waals surface area contributed by atoms with E-state index in [-0.39, 0.29) is 5.56 Å². The largest absolute Gasteiger partial charge is 0.467 e. The Morgan fingerprint density at radius 2 is 1.90 bits per heavy atom. The average Bonchev–Trinajstić information content (AvgIpc) is 2.49. The number of ether oxygens (including phenoxy) is 1. The summed E-state index contributed by atoms with van der Waals surface area (Å²) in [5.41, 5.74) is 0.264. The van der Waals surface area contributed by atoms with Gasteiger partial charge in [-0.2, -0.15) is 0 Å². The summed E-state index contributed by atoms with van der Waals surface area (Å²) >= 11 is 5.99. The zero-order valence-electron chi connectivity index (χ0n) is 11.1. The van der Waals surface area contributed by atoms with Gasteiger partial charge in [-0.1, -0.05) is 35.9 Å². The minimum absolute atomic E-state index is 0.151. The third-order valence-electron chi connectivity index (χ3n) is 2.90. The summed E-state index contributed by atoms with van der Waals surface area (Å²) in [5.74, 6) is -2.89. The monoisotopic (exact) mass is 311 g/mol. The first-order valence-corrected chi connectivity index (χ1v) is 6.45. The molecular weight excluding hydrogens is 300 g/mol. The molecule has 0 aliphatic carbocycles. The zero-order valence-corrected chi connectivity index (χ0v) is 11.8. The second kappa shape index (κ2) is 6.54. The van der Waals surface area contributed by atoms with E-state index >= 15 is 0 Å². The minimum Gasteiger partial charge on any atom is -0.467 e. The molecule has 0 aliphatic heterocycles. The smallest absolute Gasteiger partial charge is 0.333 e. The van der Waals surface area contributed by atoms with Gasteiger partial charge in [0.1, 0.15) is 0 Å². The number of hydrogen-bond acceptors (Lipinski definition) is 3. The number of esters is 1. The number of benzene rings is 2. The van der Waals surface area contributed by atoms with E-state index < -0.39 is 23.6 Å². The van der Waals surface area contributed by atoms with Gasteiger partial charge in [-0.25, -0.2) is 13.6 Å². The van der Waals surface area contributed by atoms with Gasteiger partial charge in [-0.3, -0.25) is 0 Å². The summed E-state index contributed by atoms with van der Waals surface area (Å²) in [7, 11) is 1.17. The van der Waals surface area contributed by atoms with Crippen LogP contribution < -0.4 is 5.32 Å². The molecule has 0 spiro atoms. The lowest BCUT2D eigenvalue weighted by atomic mass is 10.1. The lowest BCUT2D eigenvalue weighted by molar-refractivity contribution is -0.141. The van der Waals surface area contributed by atoms with E-state index in [1.54, 1.807) is 24.3 Å². The van der Waals surface area contributed by atoms with E-state index in [0.717, 1.165) is 6.07 Å². The molecule has 21 heavy (non-hydrogen) atoms. The fourth-order valence-corrected chi connectivity index (χ4v) is 2.05. The van der Waals surface area contributed by atoms with Crippen LogP contribution in [0.15, 0.2) is 42.5 Å². The molecule has 0 aliphatic rings. The molecule has 110 valence electrons. The van der Waals surface area contributed by atoms with E-state index in [2.05, 4.69) is 10.1 Å². The van der Waals surface area contributed by atoms with Crippen LogP contribution in [0.25, 0.3) is 0 Å². The average molecular weight is 312 g/mol. The molecule has 3 nitrogen and oxygen atoms in total. The van der Waals surface area contributed by atoms with Crippen molar-refractivity contribution in [2.24, 2.45) is 0 Å². The molecule has 0 saturated carbocycles. The highest BCUT2D eigenvalue weighted by atomic mass is 35.5. The topological polar surface area (TPSA) is 38.3 Å². The molecule has 0 radical (unpaired) electrons. The van der Waals surface area contributed by atoms with Crippen molar-refractivity contribution in [1.29, 1.82) is 0 Å². The third-order valence-corrected chi connectivity index (χ3v) is 3.23. The number of para-hydroxylation sites is 1. The van der Waals surface area contributed by atoms with Crippen LogP contribution in [0.5, 0.6) is 0 Å². The van der Waals surface area contributed by atoms with Crippen molar-refractivity contribution < 1.29 is 18.3 Å². The summed E-state index contributed by atoms with van der Waals surface area (Å²) in [6, 6.07) is 9.04. The Hall–Kier alpha value is -2.14. The van der Waals surface area contributed by atoms with Gasteiger partial charge in [-0.15, -0.1) is 0 Å². The van der Waals surface area contributed by atoms with Gasteiger partial charge in [-0.05, 0) is 18.2 Å². The maximum atomic E-state index is 13.9. The molecule has 1 unspecified atom stereocenters. The second-order valence-electron chi connectivity index (χ2n) is 4.22. The van der Waals surface area contributed by atoms with E-state index in [1.165, 1.54) is 19.2 Å². The van der Waals surface area contributed by atoms with Crippen molar-refractivity contribution in [3.8, 4) is 0 Å². The summed E-state index contributed by atoms with van der Waals surface area (Å²) in [6.45, 7) is 0. The SMILES string of the molecule is COC(=O)C(Nc1ccccc1Cl)c1cccc(F)c1F. The zero-order chi connectivity index (χ0) is 15.4. The van der Waals surface area contributed by atoms with Crippen LogP contribution in [0.3, 0.4) is 0 Å². The van der Waals surface area contributed by atoms with Gasteiger partial charge >= 0.3 is 5.97 Å². The van der Waals surface area contributed by atoms with E-state index in [0.29, 0.717) is 10.7 Å². The molecule has 0 aromatic heterocycles. The van der Waals surface area contributed by atoms with Crippen molar-refractivity contribution >= 4 is 23.3 Å². The Balaban J connectivity index is 2.42. The summed E-state index contributed by atoms with van der Waals surface area (Å²) in [6.07, 6.45) is 0. The van der Waals surface area contributed by atoms with Crippen molar-refractivity contribution in [1.82, 2.24) is 0 Å². The number of rotatable bonds is 4. The van der Waals surface area contributed by atoms with Crippen LogP contribution in [-0.4, -0.2) is 13.1 Å². The van der Waals surface area contributed by atoms with Gasteiger partial charge in [0.15, 0.2) is 17.7 Å². The standard InChI is InChI=1S/C15H12ClF2NO2/c1-21-15(20)14(9-5-4-7-11(17)13(9)18)19-12-8-3-2-6-10(12)16/h2-8,14,19H,1H3. The van der Waals surface area contributed by atoms with Crippen LogP contribution >= 0.6 is 11.6 Å². The van der Waals surface area contributed by atoms with Crippen molar-refractivity contribution in [3.05, 3.63) is 64.7 Å². The number of hydrogen-bond donors (Lipinski definition) is 1. The summed E-state index contributed by atoms with van der Waals surface area (Å²) < 4.78 is 31.9. The molecule has 0 heterocycles. The molecule has 2 rings (SSSR count). The first-order valence-electron chi connectivity index (χ1n) is 6.07. The third kappa shape index (κ3) is 3.31. The van der Waals surface area contributed by atoms with Crippen LogP contribution in [0.2, 0.25) is 5.02 Å². The maximum Gasteiger partial charge on any atom is 0.333 e. The predicted octanol–water partition coefficient (Wildman–Crippen LogP) is 3.94. The molecule has 2 aromatic carbocycles. The van der Waals surface area contributed by atoms with Crippen molar-refractivity contribution in [2.45, 2.75) is 6.04 Å². The maximum absolute atomic E-state index is 13.9. The van der Waals surface area contributed by atoms with Gasteiger partial charge in [0.05, 0.1) is 17.8 Å². The number of nitrogens with one attached hydrogen (secondary N) is 1. The van der Waals surface area contributed by atoms with Crippen molar-refractivity contribution in [2.75, 3.05) is 12.4 Å². The van der Waals surface area contributed by atoms with Gasteiger partial charge in [0, 0.05) is 5.56 Å². The molecule has 1 N–H and O–H groups in total. The first kappa shape index (κ1) is 15.3. The Bertz CT molecular complexity index is 664. The number of anilines is 1. The Kier molecular flexibility index (Phi) is 4.75. The summed E-state index contributed by atoms with van der Waals surface area (Å²) in [5, 5.41) is 3.12. The first-order chi connectivity index (χ1) is 10.0. The molecular formula is C15H12ClF2NO2. The van der Waals surface area contributed by atoms with Crippen LogP contribution in [0.4, 0.5) is 14.5 Å². The predicted molar refractivity (Wildman–Crippen MR) is 76.2 cm³/mol. The molecule has 0 saturated heterocycles. The molecule has 1 atom stereocenters. The highest BCUT2D eigenvalue weighted by Crippen LogP contribution is 2.28. The lowest BCUT2D eigenvalue weighted by Crippen LogP contribution is -2.24. The Morgan fingerprint density at radius 3 is 2.57 bits per heavy atom. The number of halogens is 3. The number of carbonyl (C=O) groups excluding carboxylic acids is 1. The molecule has 6 heteroatoms. The minimum atomic E-state index is -1.20. The van der Waals surface area contributed by atoms with E-state index in [9.17, 15) is 13.6 Å². The van der Waals surface area contributed by atoms with Crippen LogP contribution in [-0.2, 0) is 9.53 Å². The highest BCUT2D eigenvalue weighted by molar-refractivity contribution is 6.33. The quantitative estimate of drug-likeness (QED) is 0.869. The van der Waals surface area contributed by atoms with Crippen LogP contribution in [0.1, 0.15) is 11.6 Å². The Morgan fingerprint density at radius 1 is 1.19 bits per heavy atom. The normalized spacial score (nSPS) is 11.8. The van der Waals surface area contributed by atoms with Gasteiger partial charge < -0.3 is 10.1 Å². The highest BCUT2D eigenvalue weighted by Gasteiger charge is 2.26. The molecule has 2 aromatic rings. The fraction of sp³-hybridized carbons (Fsp3) is 0.133. The molecule has 0 fully saturated rings.